The van der Waals surface area contributed by atoms with Crippen molar-refractivity contribution in [2.45, 2.75) is 58.1 Å². The maximum absolute atomic E-state index is 11.9. The molecule has 0 aromatic rings. The number of carbonyl (C=O) groups excluding carboxylic acids is 1. The number of halogens is 1. The second kappa shape index (κ2) is 11.8. The van der Waals surface area contributed by atoms with Crippen LogP contribution in [0.1, 0.15) is 52.9 Å². The Hall–Kier alpha value is -0.250. The summed E-state index contributed by atoms with van der Waals surface area (Å²) in [6.07, 6.45) is 4.98. The predicted octanol–water partition coefficient (Wildman–Crippen LogP) is 4.23. The van der Waals surface area contributed by atoms with Gasteiger partial charge in [-0.05, 0) is 31.4 Å². The Kier molecular flexibility index (Phi) is 11.7. The van der Waals surface area contributed by atoms with Crippen molar-refractivity contribution in [3.05, 3.63) is 0 Å². The fourth-order valence-electron chi connectivity index (χ4n) is 1.69. The number of thioether (sulfide) groups is 1. The predicted molar refractivity (Wildman–Crippen MR) is 76.8 cm³/mol. The molecule has 0 bridgehead atoms. The molecule has 0 aromatic carbocycles. The Bertz CT molecular complexity index is 210. The first-order valence-corrected chi connectivity index (χ1v) is 8.02. The fraction of sp³-hybridized carbons (Fsp3) is 0.929. The lowest BCUT2D eigenvalue weighted by molar-refractivity contribution is -0.143. The van der Waals surface area contributed by atoms with Crippen LogP contribution in [-0.4, -0.2) is 30.3 Å². The van der Waals surface area contributed by atoms with Crippen molar-refractivity contribution in [2.75, 3.05) is 19.0 Å². The SMILES string of the molecule is CCOC(=O)C(SCCCCCCCF)C(C)C. The molecule has 0 N–H and O–H groups in total. The number of hydrogen-bond acceptors (Lipinski definition) is 3. The lowest BCUT2D eigenvalue weighted by Crippen LogP contribution is -2.26. The molecule has 0 radical (unpaired) electrons. The zero-order chi connectivity index (χ0) is 13.8. The normalized spacial score (nSPS) is 12.7. The molecule has 0 aliphatic rings. The molecule has 0 heterocycles. The van der Waals surface area contributed by atoms with Crippen molar-refractivity contribution in [2.24, 2.45) is 5.92 Å². The monoisotopic (exact) mass is 278 g/mol. The van der Waals surface area contributed by atoms with Crippen LogP contribution in [0.4, 0.5) is 4.39 Å². The minimum absolute atomic E-state index is 0.0456. The molecule has 1 unspecified atom stereocenters. The van der Waals surface area contributed by atoms with Gasteiger partial charge in [0.05, 0.1) is 13.3 Å². The second-order valence-corrected chi connectivity index (χ2v) is 5.99. The molecule has 0 saturated carbocycles. The molecule has 0 fully saturated rings. The van der Waals surface area contributed by atoms with Gasteiger partial charge in [0.25, 0.3) is 0 Å². The topological polar surface area (TPSA) is 26.3 Å². The smallest absolute Gasteiger partial charge is 0.319 e. The molecule has 0 aliphatic heterocycles. The van der Waals surface area contributed by atoms with E-state index in [2.05, 4.69) is 13.8 Å². The van der Waals surface area contributed by atoms with Gasteiger partial charge in [0.2, 0.25) is 0 Å². The van der Waals surface area contributed by atoms with Crippen molar-refractivity contribution in [1.29, 1.82) is 0 Å². The molecule has 108 valence electrons. The van der Waals surface area contributed by atoms with E-state index in [1.807, 2.05) is 6.92 Å². The standard InChI is InChI=1S/C14H27FO2S/c1-4-17-14(16)13(12(2)3)18-11-9-7-5-6-8-10-15/h12-13H,4-11H2,1-3H3. The summed E-state index contributed by atoms with van der Waals surface area (Å²) in [4.78, 5) is 11.7. The van der Waals surface area contributed by atoms with Crippen LogP contribution in [-0.2, 0) is 9.53 Å². The Morgan fingerprint density at radius 3 is 2.33 bits per heavy atom. The Morgan fingerprint density at radius 2 is 1.78 bits per heavy atom. The van der Waals surface area contributed by atoms with E-state index in [1.54, 1.807) is 11.8 Å². The highest BCUT2D eigenvalue weighted by Crippen LogP contribution is 2.22. The molecule has 0 aliphatic carbocycles. The van der Waals surface area contributed by atoms with E-state index in [9.17, 15) is 9.18 Å². The number of esters is 1. The summed E-state index contributed by atoms with van der Waals surface area (Å²) in [5.74, 6) is 1.20. The van der Waals surface area contributed by atoms with Crippen molar-refractivity contribution in [3.63, 3.8) is 0 Å². The summed E-state index contributed by atoms with van der Waals surface area (Å²) >= 11 is 1.69. The molecule has 2 nitrogen and oxygen atoms in total. The number of ether oxygens (including phenoxy) is 1. The van der Waals surface area contributed by atoms with Gasteiger partial charge < -0.3 is 4.74 Å². The molecule has 1 atom stereocenters. The van der Waals surface area contributed by atoms with Gasteiger partial charge in [-0.1, -0.05) is 33.1 Å². The highest BCUT2D eigenvalue weighted by molar-refractivity contribution is 8.00. The van der Waals surface area contributed by atoms with E-state index >= 15 is 0 Å². The van der Waals surface area contributed by atoms with Crippen molar-refractivity contribution in [1.82, 2.24) is 0 Å². The number of hydrogen-bond donors (Lipinski definition) is 0. The van der Waals surface area contributed by atoms with Gasteiger partial charge in [0.15, 0.2) is 0 Å². The van der Waals surface area contributed by atoms with Crippen LogP contribution < -0.4 is 0 Å². The zero-order valence-corrected chi connectivity index (χ0v) is 12.7. The molecule has 0 aromatic heterocycles. The van der Waals surface area contributed by atoms with Crippen LogP contribution in [0.3, 0.4) is 0 Å². The van der Waals surface area contributed by atoms with Gasteiger partial charge >= 0.3 is 5.97 Å². The molecule has 0 amide bonds. The van der Waals surface area contributed by atoms with Gasteiger partial charge in [0, 0.05) is 0 Å². The van der Waals surface area contributed by atoms with Gasteiger partial charge in [-0.2, -0.15) is 0 Å². The summed E-state index contributed by atoms with van der Waals surface area (Å²) in [6.45, 7) is 6.19. The average molecular weight is 278 g/mol. The van der Waals surface area contributed by atoms with Gasteiger partial charge in [-0.3, -0.25) is 9.18 Å². The third-order valence-electron chi connectivity index (χ3n) is 2.70. The van der Waals surface area contributed by atoms with Crippen molar-refractivity contribution in [3.8, 4) is 0 Å². The first-order chi connectivity index (χ1) is 8.63. The Balaban J connectivity index is 3.68. The van der Waals surface area contributed by atoms with Crippen LogP contribution in [0.5, 0.6) is 0 Å². The summed E-state index contributed by atoms with van der Waals surface area (Å²) < 4.78 is 16.9. The second-order valence-electron chi connectivity index (χ2n) is 4.74. The number of alkyl halides is 1. The van der Waals surface area contributed by atoms with Crippen LogP contribution >= 0.6 is 11.8 Å². The molecule has 0 rings (SSSR count). The lowest BCUT2D eigenvalue weighted by atomic mass is 10.1. The van der Waals surface area contributed by atoms with E-state index in [0.29, 0.717) is 18.9 Å². The lowest BCUT2D eigenvalue weighted by Gasteiger charge is -2.18. The van der Waals surface area contributed by atoms with Crippen molar-refractivity contribution < 1.29 is 13.9 Å². The van der Waals surface area contributed by atoms with Crippen LogP contribution in [0.25, 0.3) is 0 Å². The Morgan fingerprint density at radius 1 is 1.17 bits per heavy atom. The summed E-state index contributed by atoms with van der Waals surface area (Å²) in [7, 11) is 0. The summed E-state index contributed by atoms with van der Waals surface area (Å²) in [5.41, 5.74) is 0. The van der Waals surface area contributed by atoms with Crippen LogP contribution in [0.15, 0.2) is 0 Å². The largest absolute Gasteiger partial charge is 0.465 e. The third kappa shape index (κ3) is 8.78. The first kappa shape index (κ1) is 17.8. The van der Waals surface area contributed by atoms with E-state index in [1.165, 1.54) is 0 Å². The molecule has 4 heteroatoms. The molecule has 18 heavy (non-hydrogen) atoms. The van der Waals surface area contributed by atoms with E-state index in [4.69, 9.17) is 4.74 Å². The average Bonchev–Trinajstić information content (AvgIpc) is 2.32. The molecule has 0 spiro atoms. The first-order valence-electron chi connectivity index (χ1n) is 6.97. The van der Waals surface area contributed by atoms with Crippen LogP contribution in [0.2, 0.25) is 0 Å². The van der Waals surface area contributed by atoms with Gasteiger partial charge in [0.1, 0.15) is 5.25 Å². The van der Waals surface area contributed by atoms with Crippen LogP contribution in [0, 0.1) is 5.92 Å². The van der Waals surface area contributed by atoms with E-state index in [0.717, 1.165) is 31.4 Å². The number of unbranched alkanes of at least 4 members (excludes halogenated alkanes) is 4. The summed E-state index contributed by atoms with van der Waals surface area (Å²) in [6, 6.07) is 0. The Labute approximate surface area is 115 Å². The zero-order valence-electron chi connectivity index (χ0n) is 11.9. The maximum atomic E-state index is 11.9. The molecule has 0 saturated heterocycles. The fourth-order valence-corrected chi connectivity index (χ4v) is 2.91. The minimum atomic E-state index is -0.201. The molecular formula is C14H27FO2S. The van der Waals surface area contributed by atoms with E-state index in [-0.39, 0.29) is 17.9 Å². The van der Waals surface area contributed by atoms with Gasteiger partial charge in [-0.25, -0.2) is 0 Å². The third-order valence-corrected chi connectivity index (χ3v) is 4.32. The highest BCUT2D eigenvalue weighted by Gasteiger charge is 2.23. The van der Waals surface area contributed by atoms with Gasteiger partial charge in [-0.15, -0.1) is 11.8 Å². The number of rotatable bonds is 11. The summed E-state index contributed by atoms with van der Waals surface area (Å²) in [5, 5.41) is -0.0456. The molecular weight excluding hydrogens is 251 g/mol. The number of carbonyl (C=O) groups is 1. The quantitative estimate of drug-likeness (QED) is 0.418. The van der Waals surface area contributed by atoms with Crippen molar-refractivity contribution >= 4 is 17.7 Å². The van der Waals surface area contributed by atoms with E-state index < -0.39 is 0 Å². The maximum Gasteiger partial charge on any atom is 0.319 e. The minimum Gasteiger partial charge on any atom is -0.465 e. The highest BCUT2D eigenvalue weighted by atomic mass is 32.2.